The van der Waals surface area contributed by atoms with Crippen LogP contribution in [0.5, 0.6) is 5.75 Å². The van der Waals surface area contributed by atoms with Crippen LogP contribution in [0, 0.1) is 0 Å². The van der Waals surface area contributed by atoms with Gasteiger partial charge < -0.3 is 10.1 Å². The molecule has 0 aliphatic carbocycles. The Bertz CT molecular complexity index is 2550. The van der Waals surface area contributed by atoms with Crippen LogP contribution < -0.4 is 4.98 Å². The molecule has 0 amide bonds. The maximum atomic E-state index is 10.9. The number of benzene rings is 6. The van der Waals surface area contributed by atoms with Crippen LogP contribution in [0.1, 0.15) is 0 Å². The van der Waals surface area contributed by atoms with Crippen LogP contribution in [0.15, 0.2) is 146 Å². The van der Waals surface area contributed by atoms with Crippen LogP contribution in [-0.4, -0.2) is 19.6 Å². The summed E-state index contributed by atoms with van der Waals surface area (Å²) < 4.78 is 2.21. The van der Waals surface area contributed by atoms with Crippen molar-refractivity contribution in [2.24, 2.45) is 0 Å². The molecule has 6 aromatic carbocycles. The summed E-state index contributed by atoms with van der Waals surface area (Å²) in [4.78, 5) is 15.5. The number of hydrogen-bond acceptors (Lipinski definition) is 3. The third kappa shape index (κ3) is 4.35. The predicted molar refractivity (Wildman–Crippen MR) is 183 cm³/mol. The van der Waals surface area contributed by atoms with E-state index in [4.69, 9.17) is 15.0 Å². The van der Waals surface area contributed by atoms with Gasteiger partial charge in [0.15, 0.2) is 0 Å². The van der Waals surface area contributed by atoms with Gasteiger partial charge in [-0.1, -0.05) is 115 Å². The van der Waals surface area contributed by atoms with Gasteiger partial charge in [-0.25, -0.2) is 9.97 Å². The van der Waals surface area contributed by atoms with E-state index >= 15 is 0 Å². The molecule has 0 unspecified atom stereocenters. The second kappa shape index (κ2) is 11.1. The molecular formula is C40H25N4OPt-. The number of aromatic hydroxyl groups is 1. The number of hydrogen-bond donors (Lipinski definition) is 1. The minimum absolute atomic E-state index is 0. The number of rotatable bonds is 4. The molecule has 9 rings (SSSR count). The zero-order chi connectivity index (χ0) is 29.9. The first-order valence-electron chi connectivity index (χ1n) is 14.9. The molecule has 222 valence electrons. The minimum Gasteiger partial charge on any atom is -0.656 e. The number of phenols is 1. The van der Waals surface area contributed by atoms with E-state index in [1.165, 1.54) is 0 Å². The number of aromatic nitrogens is 4. The summed E-state index contributed by atoms with van der Waals surface area (Å²) in [6.45, 7) is 0. The van der Waals surface area contributed by atoms with Crippen molar-refractivity contribution in [1.29, 1.82) is 0 Å². The van der Waals surface area contributed by atoms with Gasteiger partial charge >= 0.3 is 0 Å². The van der Waals surface area contributed by atoms with E-state index in [1.54, 1.807) is 6.07 Å². The van der Waals surface area contributed by atoms with Crippen LogP contribution in [0.3, 0.4) is 0 Å². The monoisotopic (exact) mass is 772 g/mol. The van der Waals surface area contributed by atoms with Crippen molar-refractivity contribution in [2.75, 3.05) is 0 Å². The Kier molecular flexibility index (Phi) is 6.78. The maximum absolute atomic E-state index is 10.9. The van der Waals surface area contributed by atoms with Crippen molar-refractivity contribution in [1.82, 2.24) is 19.5 Å². The summed E-state index contributed by atoms with van der Waals surface area (Å²) in [6.07, 6.45) is 0. The van der Waals surface area contributed by atoms with Crippen molar-refractivity contribution in [2.45, 2.75) is 0 Å². The van der Waals surface area contributed by atoms with E-state index in [9.17, 15) is 5.11 Å². The Balaban J connectivity index is 0.00000312. The number of phenolic OH excluding ortho intramolecular Hbond substituents is 1. The largest absolute Gasteiger partial charge is 0.656 e. The van der Waals surface area contributed by atoms with E-state index in [0.29, 0.717) is 5.52 Å². The van der Waals surface area contributed by atoms with Gasteiger partial charge in [0.05, 0.1) is 16.7 Å². The third-order valence-electron chi connectivity index (χ3n) is 8.58. The molecule has 0 spiro atoms. The zero-order valence-electron chi connectivity index (χ0n) is 24.4. The molecule has 0 radical (unpaired) electrons. The fourth-order valence-electron chi connectivity index (χ4n) is 6.53. The average Bonchev–Trinajstić information content (AvgIpc) is 3.68. The fraction of sp³-hybridized carbons (Fsp3) is 0. The molecule has 3 aromatic heterocycles. The Hall–Kier alpha value is -5.51. The second-order valence-electron chi connectivity index (χ2n) is 11.2. The second-order valence-corrected chi connectivity index (χ2v) is 11.2. The van der Waals surface area contributed by atoms with E-state index in [-0.39, 0.29) is 26.8 Å². The van der Waals surface area contributed by atoms with Crippen molar-refractivity contribution in [3.8, 4) is 45.2 Å². The minimum atomic E-state index is 0. The van der Waals surface area contributed by atoms with E-state index < -0.39 is 0 Å². The molecule has 9 aromatic rings. The Morgan fingerprint density at radius 2 is 1.22 bits per heavy atom. The predicted octanol–water partition coefficient (Wildman–Crippen LogP) is 9.54. The van der Waals surface area contributed by atoms with Gasteiger partial charge in [-0.05, 0) is 52.2 Å². The van der Waals surface area contributed by atoms with Gasteiger partial charge in [0.25, 0.3) is 0 Å². The van der Waals surface area contributed by atoms with Crippen LogP contribution in [0.4, 0.5) is 0 Å². The quantitative estimate of drug-likeness (QED) is 0.194. The van der Waals surface area contributed by atoms with Crippen molar-refractivity contribution in [3.05, 3.63) is 146 Å². The maximum Gasteiger partial charge on any atom is 0.144 e. The van der Waals surface area contributed by atoms with Crippen molar-refractivity contribution in [3.63, 3.8) is 0 Å². The average molecular weight is 773 g/mol. The molecule has 1 N–H and O–H groups in total. The van der Waals surface area contributed by atoms with E-state index in [1.807, 2.05) is 54.6 Å². The summed E-state index contributed by atoms with van der Waals surface area (Å²) in [5.74, 6) is 0.958. The number of imidazole rings is 1. The number of pyridine rings is 1. The first kappa shape index (κ1) is 28.0. The first-order chi connectivity index (χ1) is 22.2. The normalized spacial score (nSPS) is 11.4. The Labute approximate surface area is 279 Å². The van der Waals surface area contributed by atoms with Crippen molar-refractivity contribution >= 4 is 43.7 Å². The molecule has 5 nitrogen and oxygen atoms in total. The molecule has 3 heterocycles. The summed E-state index contributed by atoms with van der Waals surface area (Å²) in [5, 5.41) is 14.1. The van der Waals surface area contributed by atoms with Gasteiger partial charge in [-0.15, -0.1) is 11.0 Å². The molecule has 0 saturated carbocycles. The van der Waals surface area contributed by atoms with E-state index in [0.717, 1.165) is 77.7 Å². The molecule has 0 aliphatic rings. The van der Waals surface area contributed by atoms with Crippen LogP contribution in [0.2, 0.25) is 0 Å². The molecule has 6 heteroatoms. The molecule has 0 bridgehead atoms. The van der Waals surface area contributed by atoms with Crippen LogP contribution in [-0.2, 0) is 21.1 Å². The smallest absolute Gasteiger partial charge is 0.144 e. The molecular weight excluding hydrogens is 748 g/mol. The van der Waals surface area contributed by atoms with Gasteiger partial charge in [-0.3, -0.25) is 4.57 Å². The summed E-state index contributed by atoms with van der Waals surface area (Å²) in [7, 11) is 0. The SMILES string of the molecule is Oc1cccc2c(-c3ccccc3)cc(-c3cccc4c3nc(-c3cccc5c3[n-]c3ccccc35)n4-c3ccccc3)nc12.[Pt]. The molecule has 0 saturated heterocycles. The number of para-hydroxylation sites is 5. The van der Waals surface area contributed by atoms with Gasteiger partial charge in [0.2, 0.25) is 0 Å². The molecule has 0 atom stereocenters. The van der Waals surface area contributed by atoms with E-state index in [2.05, 4.69) is 89.5 Å². The topological polar surface area (TPSA) is 65.0 Å². The van der Waals surface area contributed by atoms with Gasteiger partial charge in [0.1, 0.15) is 17.1 Å². The van der Waals surface area contributed by atoms with Crippen LogP contribution in [0.25, 0.3) is 83.2 Å². The summed E-state index contributed by atoms with van der Waals surface area (Å²) in [5.41, 5.74) is 9.90. The van der Waals surface area contributed by atoms with Gasteiger partial charge in [0, 0.05) is 43.3 Å². The Morgan fingerprint density at radius 3 is 2.07 bits per heavy atom. The molecule has 46 heavy (non-hydrogen) atoms. The first-order valence-corrected chi connectivity index (χ1v) is 14.9. The molecule has 0 fully saturated rings. The van der Waals surface area contributed by atoms with Crippen LogP contribution >= 0.6 is 0 Å². The summed E-state index contributed by atoms with van der Waals surface area (Å²) in [6, 6.07) is 49.0. The Morgan fingerprint density at radius 1 is 0.543 bits per heavy atom. The van der Waals surface area contributed by atoms with Crippen molar-refractivity contribution < 1.29 is 26.2 Å². The van der Waals surface area contributed by atoms with Gasteiger partial charge in [-0.2, -0.15) is 0 Å². The fourth-order valence-corrected chi connectivity index (χ4v) is 6.53. The summed E-state index contributed by atoms with van der Waals surface area (Å²) >= 11 is 0. The zero-order valence-corrected chi connectivity index (χ0v) is 26.7. The number of nitrogens with zero attached hydrogens (tertiary/aromatic N) is 4. The number of fused-ring (bicyclic) bond motifs is 5. The third-order valence-corrected chi connectivity index (χ3v) is 8.58. The molecule has 0 aliphatic heterocycles. The standard InChI is InChI=1S/C40H25N4O.Pt/c45-36-23-11-18-29-32(25-12-3-1-4-13-25)24-34(42-39(29)36)30-19-10-22-35-38(30)43-40(44(35)26-14-5-2-6-15-26)31-20-9-17-28-27-16-7-8-21-33(27)41-37(28)31;/h1-24H,(H-,41,42,43,45);/q-1;.